The Kier molecular flexibility index (Phi) is 5.86. The van der Waals surface area contributed by atoms with Crippen LogP contribution >= 0.6 is 0 Å². The monoisotopic (exact) mass is 352 g/mol. The molecule has 0 bridgehead atoms. The molecule has 1 heterocycles. The van der Waals surface area contributed by atoms with Gasteiger partial charge in [-0.2, -0.15) is 0 Å². The molecule has 3 rings (SSSR count). The minimum atomic E-state index is 0.00663. The van der Waals surface area contributed by atoms with Gasteiger partial charge >= 0.3 is 0 Å². The van der Waals surface area contributed by atoms with E-state index in [9.17, 15) is 9.59 Å². The van der Waals surface area contributed by atoms with E-state index in [1.54, 1.807) is 24.3 Å². The summed E-state index contributed by atoms with van der Waals surface area (Å²) in [5.41, 5.74) is 8.04. The summed E-state index contributed by atoms with van der Waals surface area (Å²) in [4.78, 5) is 28.5. The molecule has 0 atom stereocenters. The summed E-state index contributed by atoms with van der Waals surface area (Å²) in [6, 6.07) is 16.8. The number of hydrogen-bond donors (Lipinski definition) is 2. The Morgan fingerprint density at radius 2 is 1.58 bits per heavy atom. The summed E-state index contributed by atoms with van der Waals surface area (Å²) in [5.74, 6) is 0.0188. The third kappa shape index (κ3) is 4.83. The summed E-state index contributed by atoms with van der Waals surface area (Å²) in [6.07, 6.45) is 0. The molecule has 0 saturated carbocycles. The van der Waals surface area contributed by atoms with E-state index in [0.717, 1.165) is 5.56 Å². The Hall–Kier alpha value is -2.86. The van der Waals surface area contributed by atoms with Crippen LogP contribution in [0.15, 0.2) is 54.6 Å². The number of nitrogen functional groups attached to an aromatic ring is 1. The lowest BCUT2D eigenvalue weighted by atomic mass is 10.1. The molecule has 26 heavy (non-hydrogen) atoms. The van der Waals surface area contributed by atoms with Gasteiger partial charge < -0.3 is 16.0 Å². The van der Waals surface area contributed by atoms with Crippen LogP contribution in [0, 0.1) is 0 Å². The lowest BCUT2D eigenvalue weighted by Crippen LogP contribution is -2.51. The predicted molar refractivity (Wildman–Crippen MR) is 101 cm³/mol. The smallest absolute Gasteiger partial charge is 0.253 e. The van der Waals surface area contributed by atoms with Crippen molar-refractivity contribution in [1.82, 2.24) is 15.1 Å². The van der Waals surface area contributed by atoms with Gasteiger partial charge in [-0.1, -0.05) is 30.3 Å². The lowest BCUT2D eigenvalue weighted by molar-refractivity contribution is -0.122. The van der Waals surface area contributed by atoms with Crippen molar-refractivity contribution in [1.29, 1.82) is 0 Å². The van der Waals surface area contributed by atoms with Crippen molar-refractivity contribution in [3.8, 4) is 0 Å². The average molecular weight is 352 g/mol. The number of nitrogens with one attached hydrogen (secondary N) is 1. The van der Waals surface area contributed by atoms with Crippen molar-refractivity contribution in [2.45, 2.75) is 6.54 Å². The maximum atomic E-state index is 12.5. The van der Waals surface area contributed by atoms with E-state index in [-0.39, 0.29) is 11.8 Å². The van der Waals surface area contributed by atoms with E-state index in [4.69, 9.17) is 5.73 Å². The first kappa shape index (κ1) is 17.9. The molecular weight excluding hydrogens is 328 g/mol. The molecule has 0 unspecified atom stereocenters. The summed E-state index contributed by atoms with van der Waals surface area (Å²) in [7, 11) is 0. The number of hydrogen-bond acceptors (Lipinski definition) is 4. The highest BCUT2D eigenvalue weighted by molar-refractivity contribution is 5.94. The second kappa shape index (κ2) is 8.49. The molecule has 0 aromatic heterocycles. The number of nitrogens with zero attached hydrogens (tertiary/aromatic N) is 2. The standard InChI is InChI=1S/C20H24N4O2/c21-18-8-6-17(7-9-18)20(26)24-12-10-23(11-13-24)15-19(25)22-14-16-4-2-1-3-5-16/h1-9H,10-15,21H2,(H,22,25). The topological polar surface area (TPSA) is 78.7 Å². The minimum absolute atomic E-state index is 0.00663. The van der Waals surface area contributed by atoms with E-state index < -0.39 is 0 Å². The first-order chi connectivity index (χ1) is 12.6. The van der Waals surface area contributed by atoms with Crippen LogP contribution in [0.4, 0.5) is 5.69 Å². The molecule has 1 fully saturated rings. The first-order valence-electron chi connectivity index (χ1n) is 8.79. The summed E-state index contributed by atoms with van der Waals surface area (Å²) in [6.45, 7) is 3.52. The van der Waals surface area contributed by atoms with Gasteiger partial charge in [-0.25, -0.2) is 0 Å². The van der Waals surface area contributed by atoms with E-state index in [1.165, 1.54) is 0 Å². The molecule has 0 radical (unpaired) electrons. The quantitative estimate of drug-likeness (QED) is 0.796. The Balaban J connectivity index is 1.42. The number of anilines is 1. The summed E-state index contributed by atoms with van der Waals surface area (Å²) >= 11 is 0. The van der Waals surface area contributed by atoms with Crippen molar-refractivity contribution in [2.75, 3.05) is 38.5 Å². The van der Waals surface area contributed by atoms with Gasteiger partial charge in [-0.05, 0) is 29.8 Å². The zero-order valence-electron chi connectivity index (χ0n) is 14.7. The maximum Gasteiger partial charge on any atom is 0.253 e. The molecule has 2 aromatic rings. The van der Waals surface area contributed by atoms with Gasteiger partial charge in [-0.15, -0.1) is 0 Å². The minimum Gasteiger partial charge on any atom is -0.399 e. The van der Waals surface area contributed by atoms with Crippen molar-refractivity contribution < 1.29 is 9.59 Å². The molecule has 3 N–H and O–H groups in total. The largest absolute Gasteiger partial charge is 0.399 e. The molecule has 136 valence electrons. The molecule has 6 heteroatoms. The van der Waals surface area contributed by atoms with Gasteiger partial charge in [0.05, 0.1) is 6.54 Å². The average Bonchev–Trinajstić information content (AvgIpc) is 2.68. The third-order valence-corrected chi connectivity index (χ3v) is 4.52. The fraction of sp³-hybridized carbons (Fsp3) is 0.300. The number of carbonyl (C=O) groups excluding carboxylic acids is 2. The highest BCUT2D eigenvalue weighted by Crippen LogP contribution is 2.11. The highest BCUT2D eigenvalue weighted by atomic mass is 16.2. The summed E-state index contributed by atoms with van der Waals surface area (Å²) < 4.78 is 0. The second-order valence-electron chi connectivity index (χ2n) is 6.45. The van der Waals surface area contributed by atoms with Crippen LogP contribution in [-0.4, -0.2) is 54.3 Å². The number of carbonyl (C=O) groups is 2. The molecule has 1 aliphatic heterocycles. The van der Waals surface area contributed by atoms with Gasteiger partial charge in [0.1, 0.15) is 0 Å². The van der Waals surface area contributed by atoms with Crippen LogP contribution < -0.4 is 11.1 Å². The zero-order valence-corrected chi connectivity index (χ0v) is 14.7. The molecule has 6 nitrogen and oxygen atoms in total. The van der Waals surface area contributed by atoms with Gasteiger partial charge in [0.15, 0.2) is 0 Å². The van der Waals surface area contributed by atoms with Crippen molar-refractivity contribution in [3.05, 3.63) is 65.7 Å². The molecule has 0 spiro atoms. The van der Waals surface area contributed by atoms with E-state index in [0.29, 0.717) is 50.5 Å². The van der Waals surface area contributed by atoms with Crippen LogP contribution in [0.1, 0.15) is 15.9 Å². The van der Waals surface area contributed by atoms with Crippen LogP contribution in [-0.2, 0) is 11.3 Å². The van der Waals surface area contributed by atoms with Crippen LogP contribution in [0.2, 0.25) is 0 Å². The van der Waals surface area contributed by atoms with Crippen molar-refractivity contribution in [3.63, 3.8) is 0 Å². The molecule has 1 saturated heterocycles. The number of rotatable bonds is 5. The fourth-order valence-corrected chi connectivity index (χ4v) is 2.97. The Morgan fingerprint density at radius 3 is 2.23 bits per heavy atom. The van der Waals surface area contributed by atoms with Crippen LogP contribution in [0.3, 0.4) is 0 Å². The molecule has 2 aromatic carbocycles. The second-order valence-corrected chi connectivity index (χ2v) is 6.45. The van der Waals surface area contributed by atoms with Gasteiger partial charge in [0, 0.05) is 44.0 Å². The summed E-state index contributed by atoms with van der Waals surface area (Å²) in [5, 5.41) is 2.94. The molecular formula is C20H24N4O2. The highest BCUT2D eigenvalue weighted by Gasteiger charge is 2.23. The van der Waals surface area contributed by atoms with Gasteiger partial charge in [0.2, 0.25) is 5.91 Å². The van der Waals surface area contributed by atoms with Gasteiger partial charge in [-0.3, -0.25) is 14.5 Å². The van der Waals surface area contributed by atoms with Gasteiger partial charge in [0.25, 0.3) is 5.91 Å². The Morgan fingerprint density at radius 1 is 0.923 bits per heavy atom. The van der Waals surface area contributed by atoms with Crippen LogP contribution in [0.5, 0.6) is 0 Å². The van der Waals surface area contributed by atoms with Crippen molar-refractivity contribution in [2.24, 2.45) is 0 Å². The van der Waals surface area contributed by atoms with E-state index in [2.05, 4.69) is 10.2 Å². The van der Waals surface area contributed by atoms with E-state index >= 15 is 0 Å². The number of benzene rings is 2. The first-order valence-corrected chi connectivity index (χ1v) is 8.79. The maximum absolute atomic E-state index is 12.5. The van der Waals surface area contributed by atoms with E-state index in [1.807, 2.05) is 35.2 Å². The molecule has 2 amide bonds. The lowest BCUT2D eigenvalue weighted by Gasteiger charge is -2.34. The normalized spacial score (nSPS) is 14.8. The zero-order chi connectivity index (χ0) is 18.4. The fourth-order valence-electron chi connectivity index (χ4n) is 2.97. The number of amides is 2. The Labute approximate surface area is 153 Å². The third-order valence-electron chi connectivity index (χ3n) is 4.52. The Bertz CT molecular complexity index is 738. The predicted octanol–water partition coefficient (Wildman–Crippen LogP) is 1.34. The molecule has 1 aliphatic rings. The van der Waals surface area contributed by atoms with Crippen molar-refractivity contribution >= 4 is 17.5 Å². The number of piperazine rings is 1. The van der Waals surface area contributed by atoms with Crippen LogP contribution in [0.25, 0.3) is 0 Å². The number of nitrogens with two attached hydrogens (primary N) is 1. The molecule has 0 aliphatic carbocycles. The SMILES string of the molecule is Nc1ccc(C(=O)N2CCN(CC(=O)NCc3ccccc3)CC2)cc1.